The maximum atomic E-state index is 5.34. The second-order valence-corrected chi connectivity index (χ2v) is 16.2. The van der Waals surface area contributed by atoms with E-state index in [0.717, 1.165) is 49.0 Å². The van der Waals surface area contributed by atoms with E-state index < -0.39 is 5.41 Å². The Balaban J connectivity index is 1.05. The Labute approximate surface area is 353 Å². The molecule has 0 saturated heterocycles. The van der Waals surface area contributed by atoms with E-state index in [4.69, 9.17) is 15.0 Å². The highest BCUT2D eigenvalue weighted by Crippen LogP contribution is 2.64. The minimum Gasteiger partial charge on any atom is -0.208 e. The fraction of sp³-hybridized carbons (Fsp3) is 0.0172. The Bertz CT molecular complexity index is 3470. The van der Waals surface area contributed by atoms with Crippen molar-refractivity contribution >= 4 is 32.3 Å². The summed E-state index contributed by atoms with van der Waals surface area (Å²) in [7, 11) is 0. The van der Waals surface area contributed by atoms with Gasteiger partial charge >= 0.3 is 0 Å². The summed E-state index contributed by atoms with van der Waals surface area (Å²) in [6, 6.07) is 76.8. The minimum absolute atomic E-state index is 0.411. The van der Waals surface area contributed by atoms with Crippen molar-refractivity contribution in [2.75, 3.05) is 0 Å². The molecule has 1 spiro atoms. The first-order chi connectivity index (χ1) is 30.3. The smallest absolute Gasteiger partial charge is 0.164 e. The molecule has 1 heterocycles. The van der Waals surface area contributed by atoms with Crippen LogP contribution in [0.1, 0.15) is 22.3 Å². The lowest BCUT2D eigenvalue weighted by Gasteiger charge is -2.30. The summed E-state index contributed by atoms with van der Waals surface area (Å²) in [6.07, 6.45) is 0. The van der Waals surface area contributed by atoms with Crippen LogP contribution in [0.15, 0.2) is 212 Å². The summed E-state index contributed by atoms with van der Waals surface area (Å²) in [4.78, 5) is 15.9. The normalized spacial score (nSPS) is 13.0. The fourth-order valence-electron chi connectivity index (χ4n) is 10.7. The molecule has 2 aliphatic carbocycles. The third-order valence-corrected chi connectivity index (χ3v) is 13.2. The van der Waals surface area contributed by atoms with Crippen molar-refractivity contribution in [3.63, 3.8) is 0 Å². The standard InChI is InChI=1S/C58H35N3/c1-3-20-38-36(16-1)18-13-28-46(38)55-59-56(47-29-14-19-37-17-2-4-21-39(37)47)61-57(60-55)48-35-34-42(40-22-5-6-23-41(40)48)45-27-15-33-53-54(45)49-26-9-12-32-52(49)58(53)50-30-10-7-24-43(50)44-25-8-11-31-51(44)58/h1-35H. The number of hydrogen-bond donors (Lipinski definition) is 0. The summed E-state index contributed by atoms with van der Waals surface area (Å²) in [6.45, 7) is 0. The predicted molar refractivity (Wildman–Crippen MR) is 250 cm³/mol. The van der Waals surface area contributed by atoms with Gasteiger partial charge in [0.2, 0.25) is 0 Å². The second-order valence-electron chi connectivity index (χ2n) is 16.2. The Kier molecular flexibility index (Phi) is 7.22. The zero-order valence-corrected chi connectivity index (χ0v) is 33.0. The molecule has 11 aromatic rings. The molecule has 10 aromatic carbocycles. The van der Waals surface area contributed by atoms with Crippen molar-refractivity contribution in [3.8, 4) is 67.5 Å². The highest BCUT2D eigenvalue weighted by atomic mass is 15.0. The summed E-state index contributed by atoms with van der Waals surface area (Å²) in [5.74, 6) is 1.95. The molecule has 0 unspecified atom stereocenters. The topological polar surface area (TPSA) is 38.7 Å². The van der Waals surface area contributed by atoms with Crippen molar-refractivity contribution in [2.24, 2.45) is 0 Å². The van der Waals surface area contributed by atoms with Crippen molar-refractivity contribution in [2.45, 2.75) is 5.41 Å². The summed E-state index contributed by atoms with van der Waals surface area (Å²) >= 11 is 0. The maximum Gasteiger partial charge on any atom is 0.164 e. The summed E-state index contributed by atoms with van der Waals surface area (Å²) in [5, 5.41) is 6.75. The number of benzene rings is 10. The van der Waals surface area contributed by atoms with Gasteiger partial charge in [-0.15, -0.1) is 0 Å². The van der Waals surface area contributed by atoms with Crippen molar-refractivity contribution in [1.29, 1.82) is 0 Å². The third kappa shape index (κ3) is 4.77. The lowest BCUT2D eigenvalue weighted by Crippen LogP contribution is -2.25. The number of rotatable bonds is 4. The van der Waals surface area contributed by atoms with Gasteiger partial charge in [-0.1, -0.05) is 206 Å². The Morgan fingerprint density at radius 3 is 1.15 bits per heavy atom. The maximum absolute atomic E-state index is 5.34. The number of aromatic nitrogens is 3. The van der Waals surface area contributed by atoms with Gasteiger partial charge in [-0.25, -0.2) is 15.0 Å². The fourth-order valence-corrected chi connectivity index (χ4v) is 10.7. The molecular weight excluding hydrogens is 739 g/mol. The van der Waals surface area contributed by atoms with Crippen LogP contribution >= 0.6 is 0 Å². The van der Waals surface area contributed by atoms with Crippen LogP contribution in [0.25, 0.3) is 99.9 Å². The molecule has 2 aliphatic rings. The van der Waals surface area contributed by atoms with Crippen LogP contribution in [0.5, 0.6) is 0 Å². The number of fused-ring (bicyclic) bond motifs is 13. The van der Waals surface area contributed by atoms with Crippen molar-refractivity contribution in [1.82, 2.24) is 15.0 Å². The molecule has 1 aromatic heterocycles. The lowest BCUT2D eigenvalue weighted by atomic mass is 9.70. The van der Waals surface area contributed by atoms with Crippen molar-refractivity contribution in [3.05, 3.63) is 235 Å². The largest absolute Gasteiger partial charge is 0.208 e. The van der Waals surface area contributed by atoms with Gasteiger partial charge in [0, 0.05) is 16.7 Å². The van der Waals surface area contributed by atoms with Gasteiger partial charge < -0.3 is 0 Å². The first-order valence-electron chi connectivity index (χ1n) is 20.9. The van der Waals surface area contributed by atoms with Gasteiger partial charge in [-0.2, -0.15) is 0 Å². The van der Waals surface area contributed by atoms with Gasteiger partial charge in [0.1, 0.15) is 0 Å². The Hall–Kier alpha value is -8.01. The predicted octanol–water partition coefficient (Wildman–Crippen LogP) is 14.3. The molecule has 0 fully saturated rings. The zero-order chi connectivity index (χ0) is 40.1. The molecule has 3 heteroatoms. The van der Waals surface area contributed by atoms with Crippen LogP contribution in [-0.4, -0.2) is 15.0 Å². The molecule has 0 radical (unpaired) electrons. The van der Waals surface area contributed by atoms with E-state index in [0.29, 0.717) is 17.5 Å². The van der Waals surface area contributed by atoms with Gasteiger partial charge in [0.05, 0.1) is 5.41 Å². The summed E-state index contributed by atoms with van der Waals surface area (Å²) in [5.41, 5.74) is 15.5. The molecule has 0 amide bonds. The van der Waals surface area contributed by atoms with E-state index >= 15 is 0 Å². The lowest BCUT2D eigenvalue weighted by molar-refractivity contribution is 0.794. The highest BCUT2D eigenvalue weighted by molar-refractivity contribution is 6.09. The van der Waals surface area contributed by atoms with Gasteiger partial charge in [0.15, 0.2) is 17.5 Å². The highest BCUT2D eigenvalue weighted by Gasteiger charge is 2.52. The Morgan fingerprint density at radius 1 is 0.230 bits per heavy atom. The summed E-state index contributed by atoms with van der Waals surface area (Å²) < 4.78 is 0. The second kappa shape index (κ2) is 13.0. The zero-order valence-electron chi connectivity index (χ0n) is 33.0. The van der Waals surface area contributed by atoms with Gasteiger partial charge in [0.25, 0.3) is 0 Å². The van der Waals surface area contributed by atoms with E-state index in [1.807, 2.05) is 0 Å². The first kappa shape index (κ1) is 33.9. The molecule has 0 aliphatic heterocycles. The van der Waals surface area contributed by atoms with Crippen LogP contribution in [-0.2, 0) is 5.41 Å². The molecule has 0 atom stereocenters. The van der Waals surface area contributed by atoms with Crippen molar-refractivity contribution < 1.29 is 0 Å². The molecule has 3 nitrogen and oxygen atoms in total. The van der Waals surface area contributed by atoms with E-state index in [9.17, 15) is 0 Å². The Morgan fingerprint density at radius 2 is 0.574 bits per heavy atom. The molecule has 0 bridgehead atoms. The average Bonchev–Trinajstić information content (AvgIpc) is 3.81. The molecule has 13 rings (SSSR count). The SMILES string of the molecule is c1ccc2c(c1)-c1ccccc1C21c2ccccc2-c2c(-c3ccc(-c4nc(-c5cccc6ccccc56)nc(-c5cccc6ccccc56)n4)c4ccccc34)cccc21. The van der Waals surface area contributed by atoms with Gasteiger partial charge in [-0.05, 0) is 94.0 Å². The third-order valence-electron chi connectivity index (χ3n) is 13.2. The monoisotopic (exact) mass is 773 g/mol. The van der Waals surface area contributed by atoms with E-state index in [1.54, 1.807) is 0 Å². The van der Waals surface area contributed by atoms with E-state index in [2.05, 4.69) is 212 Å². The molecule has 61 heavy (non-hydrogen) atoms. The van der Waals surface area contributed by atoms with Crippen LogP contribution < -0.4 is 0 Å². The quantitative estimate of drug-likeness (QED) is 0.179. The molecule has 282 valence electrons. The first-order valence-corrected chi connectivity index (χ1v) is 20.9. The molecular formula is C58H35N3. The molecule has 0 saturated carbocycles. The average molecular weight is 774 g/mol. The van der Waals surface area contributed by atoms with Crippen LogP contribution in [0.3, 0.4) is 0 Å². The number of hydrogen-bond acceptors (Lipinski definition) is 3. The molecule has 0 N–H and O–H groups in total. The van der Waals surface area contributed by atoms with Gasteiger partial charge in [-0.3, -0.25) is 0 Å². The van der Waals surface area contributed by atoms with Crippen LogP contribution in [0, 0.1) is 0 Å². The van der Waals surface area contributed by atoms with Crippen LogP contribution in [0.2, 0.25) is 0 Å². The number of nitrogens with zero attached hydrogens (tertiary/aromatic N) is 3. The minimum atomic E-state index is -0.411. The van der Waals surface area contributed by atoms with E-state index in [1.165, 1.54) is 55.6 Å². The van der Waals surface area contributed by atoms with Crippen LogP contribution in [0.4, 0.5) is 0 Å². The van der Waals surface area contributed by atoms with E-state index in [-0.39, 0.29) is 0 Å².